The van der Waals surface area contributed by atoms with E-state index in [1.807, 2.05) is 12.4 Å². The molecule has 0 bridgehead atoms. The fourth-order valence-electron chi connectivity index (χ4n) is 1.36. The van der Waals surface area contributed by atoms with Crippen LogP contribution in [0.1, 0.15) is 24.9 Å². The maximum atomic E-state index is 5.06. The van der Waals surface area contributed by atoms with Crippen LogP contribution in [-0.4, -0.2) is 30.2 Å². The monoisotopic (exact) mass is 195 g/mol. The molecule has 0 spiro atoms. The quantitative estimate of drug-likeness (QED) is 0.740. The van der Waals surface area contributed by atoms with E-state index in [4.69, 9.17) is 4.74 Å². The van der Waals surface area contributed by atoms with Crippen molar-refractivity contribution in [1.82, 2.24) is 15.3 Å². The number of hydrogen-bond donors (Lipinski definition) is 1. The van der Waals surface area contributed by atoms with Gasteiger partial charge in [-0.1, -0.05) is 6.92 Å². The van der Waals surface area contributed by atoms with E-state index in [9.17, 15) is 0 Å². The summed E-state index contributed by atoms with van der Waals surface area (Å²) in [7, 11) is 1.71. The summed E-state index contributed by atoms with van der Waals surface area (Å²) in [6, 6.07) is 0.293. The fraction of sp³-hybridized carbons (Fsp3) is 0.600. The van der Waals surface area contributed by atoms with Crippen LogP contribution in [0.15, 0.2) is 18.7 Å². The Kier molecular flexibility index (Phi) is 5.11. The van der Waals surface area contributed by atoms with Crippen molar-refractivity contribution in [1.29, 1.82) is 0 Å². The van der Waals surface area contributed by atoms with Gasteiger partial charge in [-0.15, -0.1) is 0 Å². The first kappa shape index (κ1) is 11.1. The van der Waals surface area contributed by atoms with Gasteiger partial charge in [-0.2, -0.15) is 0 Å². The zero-order chi connectivity index (χ0) is 10.2. The molecule has 1 unspecified atom stereocenters. The van der Waals surface area contributed by atoms with Crippen LogP contribution < -0.4 is 5.32 Å². The molecule has 78 valence electrons. The smallest absolute Gasteiger partial charge is 0.115 e. The molecule has 0 aliphatic heterocycles. The van der Waals surface area contributed by atoms with Gasteiger partial charge in [-0.25, -0.2) is 9.97 Å². The summed E-state index contributed by atoms with van der Waals surface area (Å²) in [5, 5.41) is 3.37. The van der Waals surface area contributed by atoms with Gasteiger partial charge in [0.2, 0.25) is 0 Å². The van der Waals surface area contributed by atoms with E-state index in [1.54, 1.807) is 13.4 Å². The molecule has 0 saturated heterocycles. The summed E-state index contributed by atoms with van der Waals surface area (Å²) in [6.45, 7) is 3.76. The Labute approximate surface area is 84.7 Å². The van der Waals surface area contributed by atoms with Crippen LogP contribution in [-0.2, 0) is 4.74 Å². The first-order chi connectivity index (χ1) is 6.88. The topological polar surface area (TPSA) is 47.0 Å². The van der Waals surface area contributed by atoms with E-state index >= 15 is 0 Å². The number of ether oxygens (including phenoxy) is 1. The molecular weight excluding hydrogens is 178 g/mol. The van der Waals surface area contributed by atoms with Crippen molar-refractivity contribution in [2.75, 3.05) is 20.3 Å². The molecule has 0 amide bonds. The molecule has 0 fully saturated rings. The van der Waals surface area contributed by atoms with E-state index in [0.717, 1.165) is 25.1 Å². The van der Waals surface area contributed by atoms with Crippen LogP contribution in [0.25, 0.3) is 0 Å². The van der Waals surface area contributed by atoms with E-state index in [0.29, 0.717) is 6.04 Å². The van der Waals surface area contributed by atoms with Gasteiger partial charge in [-0.3, -0.25) is 0 Å². The average molecular weight is 195 g/mol. The second-order valence-corrected chi connectivity index (χ2v) is 3.06. The van der Waals surface area contributed by atoms with Gasteiger partial charge in [-0.05, 0) is 13.0 Å². The van der Waals surface area contributed by atoms with Crippen molar-refractivity contribution in [2.24, 2.45) is 0 Å². The van der Waals surface area contributed by atoms with Crippen LogP contribution in [0.2, 0.25) is 0 Å². The zero-order valence-electron chi connectivity index (χ0n) is 8.73. The predicted octanol–water partition coefficient (Wildman–Crippen LogP) is 1.16. The van der Waals surface area contributed by atoms with E-state index in [1.165, 1.54) is 0 Å². The van der Waals surface area contributed by atoms with E-state index in [2.05, 4.69) is 22.2 Å². The van der Waals surface area contributed by atoms with Gasteiger partial charge in [0, 0.05) is 37.7 Å². The minimum atomic E-state index is 0.293. The van der Waals surface area contributed by atoms with E-state index < -0.39 is 0 Å². The van der Waals surface area contributed by atoms with Crippen LogP contribution in [0.3, 0.4) is 0 Å². The lowest BCUT2D eigenvalue weighted by Gasteiger charge is -2.16. The highest BCUT2D eigenvalue weighted by molar-refractivity contribution is 5.08. The zero-order valence-corrected chi connectivity index (χ0v) is 8.73. The fourth-order valence-corrected chi connectivity index (χ4v) is 1.36. The molecule has 0 aliphatic carbocycles. The molecule has 1 aromatic rings. The minimum absolute atomic E-state index is 0.293. The largest absolute Gasteiger partial charge is 0.385 e. The highest BCUT2D eigenvalue weighted by Crippen LogP contribution is 2.13. The molecule has 4 heteroatoms. The molecule has 0 aliphatic rings. The lowest BCUT2D eigenvalue weighted by atomic mass is 10.1. The maximum Gasteiger partial charge on any atom is 0.115 e. The third-order valence-corrected chi connectivity index (χ3v) is 2.04. The standard InChI is InChI=1S/C10H17N3O/c1-3-13-10(4-5-14-2)9-6-11-8-12-7-9/h6-8,10,13H,3-5H2,1-2H3. The Balaban J connectivity index is 2.58. The van der Waals surface area contributed by atoms with Crippen molar-refractivity contribution in [3.63, 3.8) is 0 Å². The summed E-state index contributed by atoms with van der Waals surface area (Å²) < 4.78 is 5.06. The van der Waals surface area contributed by atoms with Crippen LogP contribution in [0.4, 0.5) is 0 Å². The Morgan fingerprint density at radius 3 is 2.71 bits per heavy atom. The van der Waals surface area contributed by atoms with Gasteiger partial charge in [0.15, 0.2) is 0 Å². The lowest BCUT2D eigenvalue weighted by molar-refractivity contribution is 0.183. The SMILES string of the molecule is CCNC(CCOC)c1cncnc1. The van der Waals surface area contributed by atoms with Gasteiger partial charge in [0.25, 0.3) is 0 Å². The molecule has 1 heterocycles. The first-order valence-corrected chi connectivity index (χ1v) is 4.85. The Morgan fingerprint density at radius 2 is 2.14 bits per heavy atom. The Hall–Kier alpha value is -1.00. The van der Waals surface area contributed by atoms with E-state index in [-0.39, 0.29) is 0 Å². The number of nitrogens with zero attached hydrogens (tertiary/aromatic N) is 2. The maximum absolute atomic E-state index is 5.06. The third kappa shape index (κ3) is 3.40. The highest BCUT2D eigenvalue weighted by atomic mass is 16.5. The number of nitrogens with one attached hydrogen (secondary N) is 1. The number of rotatable bonds is 6. The summed E-state index contributed by atoms with van der Waals surface area (Å²) in [5.74, 6) is 0. The average Bonchev–Trinajstić information content (AvgIpc) is 2.25. The van der Waals surface area contributed by atoms with Crippen molar-refractivity contribution in [3.8, 4) is 0 Å². The molecule has 1 N–H and O–H groups in total. The van der Waals surface area contributed by atoms with Gasteiger partial charge in [0.1, 0.15) is 6.33 Å². The lowest BCUT2D eigenvalue weighted by Crippen LogP contribution is -2.22. The number of hydrogen-bond acceptors (Lipinski definition) is 4. The second-order valence-electron chi connectivity index (χ2n) is 3.06. The second kappa shape index (κ2) is 6.45. The molecule has 1 atom stereocenters. The molecule has 1 aromatic heterocycles. The predicted molar refractivity (Wildman–Crippen MR) is 54.9 cm³/mol. The van der Waals surface area contributed by atoms with Crippen molar-refractivity contribution < 1.29 is 4.74 Å². The van der Waals surface area contributed by atoms with Crippen molar-refractivity contribution >= 4 is 0 Å². The molecule has 4 nitrogen and oxygen atoms in total. The highest BCUT2D eigenvalue weighted by Gasteiger charge is 2.09. The number of aromatic nitrogens is 2. The Morgan fingerprint density at radius 1 is 1.43 bits per heavy atom. The summed E-state index contributed by atoms with van der Waals surface area (Å²) in [5.41, 5.74) is 1.12. The minimum Gasteiger partial charge on any atom is -0.385 e. The molecule has 0 aromatic carbocycles. The normalized spacial score (nSPS) is 12.7. The molecule has 0 radical (unpaired) electrons. The molecular formula is C10H17N3O. The van der Waals surface area contributed by atoms with Gasteiger partial charge >= 0.3 is 0 Å². The van der Waals surface area contributed by atoms with Crippen molar-refractivity contribution in [2.45, 2.75) is 19.4 Å². The third-order valence-electron chi connectivity index (χ3n) is 2.04. The van der Waals surface area contributed by atoms with Crippen molar-refractivity contribution in [3.05, 3.63) is 24.3 Å². The summed E-state index contributed by atoms with van der Waals surface area (Å²) in [6.07, 6.45) is 6.17. The molecule has 1 rings (SSSR count). The summed E-state index contributed by atoms with van der Waals surface area (Å²) >= 11 is 0. The van der Waals surface area contributed by atoms with Gasteiger partial charge < -0.3 is 10.1 Å². The number of methoxy groups -OCH3 is 1. The molecule has 14 heavy (non-hydrogen) atoms. The molecule has 0 saturated carbocycles. The van der Waals surface area contributed by atoms with Crippen LogP contribution >= 0.6 is 0 Å². The van der Waals surface area contributed by atoms with Crippen LogP contribution in [0, 0.1) is 0 Å². The van der Waals surface area contributed by atoms with Gasteiger partial charge in [0.05, 0.1) is 0 Å². The Bertz CT molecular complexity index is 240. The first-order valence-electron chi connectivity index (χ1n) is 4.85. The van der Waals surface area contributed by atoms with Crippen LogP contribution in [0.5, 0.6) is 0 Å². The summed E-state index contributed by atoms with van der Waals surface area (Å²) in [4.78, 5) is 8.01.